The van der Waals surface area contributed by atoms with Crippen molar-refractivity contribution < 1.29 is 75.6 Å². The highest BCUT2D eigenvalue weighted by Gasteiger charge is 2.46. The van der Waals surface area contributed by atoms with Crippen molar-refractivity contribution in [3.63, 3.8) is 0 Å². The molecule has 0 radical (unpaired) electrons. The van der Waals surface area contributed by atoms with Crippen molar-refractivity contribution in [1.82, 2.24) is 40.9 Å². The molecular formula is C73H113F3N10O13. The number of rotatable bonds is 38. The number of nitrogens with two attached hydrogens (primary N) is 1. The van der Waals surface area contributed by atoms with E-state index < -0.39 is 138 Å². The number of halogens is 3. The Morgan fingerprint density at radius 3 is 1.89 bits per heavy atom. The van der Waals surface area contributed by atoms with Gasteiger partial charge in [0.25, 0.3) is 11.8 Å². The fraction of sp³-hybridized carbons (Fsp3) is 0.685. The summed E-state index contributed by atoms with van der Waals surface area (Å²) in [5, 5.41) is 25.1. The van der Waals surface area contributed by atoms with Gasteiger partial charge in [0.15, 0.2) is 0 Å². The molecular weight excluding hydrogens is 1280 g/mol. The molecule has 3 aliphatic rings. The highest BCUT2D eigenvalue weighted by molar-refractivity contribution is 6.12. The Bertz CT molecular complexity index is 2970. The highest BCUT2D eigenvalue weighted by atomic mass is 19.4. The molecule has 1 saturated carbocycles. The van der Waals surface area contributed by atoms with E-state index in [2.05, 4.69) is 26.6 Å². The first kappa shape index (κ1) is 82.7. The van der Waals surface area contributed by atoms with Crippen LogP contribution in [0.15, 0.2) is 66.7 Å². The van der Waals surface area contributed by atoms with Crippen LogP contribution in [-0.2, 0) is 59.2 Å². The molecule has 2 heterocycles. The second-order valence-electron chi connectivity index (χ2n) is 28.4. The number of hydrogen-bond acceptors (Lipinski definition) is 15. The molecule has 2 aliphatic heterocycles. The van der Waals surface area contributed by atoms with Gasteiger partial charge in [-0.3, -0.25) is 53.5 Å². The number of nitrogens with one attached hydrogen (secondary N) is 5. The number of hydrogen-bond donors (Lipinski definition) is 7. The minimum Gasteiger partial charge on any atom is -0.445 e. The average molecular weight is 1400 g/mol. The maximum absolute atomic E-state index is 14.9. The predicted octanol–water partition coefficient (Wildman–Crippen LogP) is 8.19. The number of aliphatic hydroxyl groups excluding tert-OH is 1. The third kappa shape index (κ3) is 23.5. The predicted molar refractivity (Wildman–Crippen MR) is 371 cm³/mol. The molecule has 8 N–H and O–H groups in total. The lowest BCUT2D eigenvalue weighted by Crippen LogP contribution is -2.60. The molecule has 0 aromatic heterocycles. The zero-order valence-corrected chi connectivity index (χ0v) is 60.6. The quantitative estimate of drug-likeness (QED) is 0.0246. The summed E-state index contributed by atoms with van der Waals surface area (Å²) in [7, 11) is 6.07. The van der Waals surface area contributed by atoms with Gasteiger partial charge in [-0.2, -0.15) is 13.2 Å². The van der Waals surface area contributed by atoms with Crippen LogP contribution in [-0.4, -0.2) is 193 Å². The molecule has 26 heteroatoms. The number of benzene rings is 2. The van der Waals surface area contributed by atoms with Gasteiger partial charge in [0, 0.05) is 59.2 Å². The largest absolute Gasteiger partial charge is 0.445 e. The number of alkyl halides is 3. The Morgan fingerprint density at radius 2 is 1.33 bits per heavy atom. The standard InChI is InChI=1S/C73H113F3N10O13/c1-15-46(8)64(56(97-13)40-60(89)85-38-22-25-55(85)66(98-14)47(9)67(91)78-48(10)65(90)52-23-18-16-19-24-52)83(11)71(95)62(44(4)5)82-70(94)63(45(6)7)84(12)72(96)99-42-51-31-33-53(34-32-51)79-68(92)54(39-49-27-29-50(41-77)30-28-49)80-69(93)61(43(2)3)81-57(73(74,75)76)26-20-17-21-37-86-58(87)35-36-59(86)88/h16,18-19,23-24,31-36,43-50,54-57,61-66,81,90H,15,17,20-22,25-30,37-42,77H2,1-14H3,(H,78,91)(H,79,92)(H,80,93)(H,82,94)/t46-,47+,48+,49-,50-,54-,55-,56+,57-,61-,62-,63-,64-,65+,66+/m0/s1. The van der Waals surface area contributed by atoms with E-state index in [0.29, 0.717) is 67.9 Å². The number of likely N-dealkylation sites (tertiary alicyclic amines) is 1. The van der Waals surface area contributed by atoms with Gasteiger partial charge in [-0.1, -0.05) is 137 Å². The Morgan fingerprint density at radius 1 is 0.717 bits per heavy atom. The smallest absolute Gasteiger partial charge is 0.410 e. The summed E-state index contributed by atoms with van der Waals surface area (Å²) in [5.41, 5.74) is 7.47. The molecule has 0 spiro atoms. The summed E-state index contributed by atoms with van der Waals surface area (Å²) in [6.45, 7) is 18.5. The summed E-state index contributed by atoms with van der Waals surface area (Å²) in [6.07, 6.45) is -0.160. The van der Waals surface area contributed by atoms with Crippen LogP contribution < -0.4 is 32.3 Å². The number of carbonyl (C=O) groups excluding carboxylic acids is 9. The molecule has 9 amide bonds. The van der Waals surface area contributed by atoms with E-state index in [4.69, 9.17) is 19.9 Å². The number of amides is 9. The minimum absolute atomic E-state index is 0.0214. The number of imide groups is 1. The van der Waals surface area contributed by atoms with Crippen molar-refractivity contribution in [3.05, 3.63) is 77.9 Å². The Hall–Kier alpha value is -7.00. The van der Waals surface area contributed by atoms with Crippen LogP contribution in [0.1, 0.15) is 170 Å². The van der Waals surface area contributed by atoms with Crippen LogP contribution >= 0.6 is 0 Å². The molecule has 5 rings (SSSR count). The van der Waals surface area contributed by atoms with E-state index in [9.17, 15) is 61.4 Å². The van der Waals surface area contributed by atoms with Gasteiger partial charge in [0.2, 0.25) is 35.4 Å². The zero-order valence-electron chi connectivity index (χ0n) is 60.6. The van der Waals surface area contributed by atoms with Gasteiger partial charge in [0.05, 0.1) is 54.8 Å². The van der Waals surface area contributed by atoms with Crippen molar-refractivity contribution >= 4 is 59.0 Å². The summed E-state index contributed by atoms with van der Waals surface area (Å²) < 4.78 is 61.5. The second-order valence-corrected chi connectivity index (χ2v) is 28.4. The third-order valence-electron chi connectivity index (χ3n) is 20.2. The van der Waals surface area contributed by atoms with E-state index in [1.807, 2.05) is 32.0 Å². The number of ether oxygens (including phenoxy) is 3. The number of likely N-dealkylation sites (N-methyl/N-ethyl adjacent to an activating group) is 2. The minimum atomic E-state index is -4.72. The van der Waals surface area contributed by atoms with Crippen molar-refractivity contribution in [2.75, 3.05) is 53.3 Å². The number of aliphatic hydroxyl groups is 1. The summed E-state index contributed by atoms with van der Waals surface area (Å²) in [6, 6.07) is 7.07. The maximum atomic E-state index is 14.9. The van der Waals surface area contributed by atoms with Crippen LogP contribution in [0.4, 0.5) is 23.7 Å². The van der Waals surface area contributed by atoms with Crippen LogP contribution in [0.2, 0.25) is 0 Å². The second kappa shape index (κ2) is 39.3. The van der Waals surface area contributed by atoms with Crippen molar-refractivity contribution in [3.8, 4) is 0 Å². The molecule has 23 nitrogen and oxygen atoms in total. The van der Waals surface area contributed by atoms with Crippen LogP contribution in [0.25, 0.3) is 0 Å². The van der Waals surface area contributed by atoms with Gasteiger partial charge in [-0.25, -0.2) is 4.79 Å². The molecule has 2 aromatic carbocycles. The molecule has 2 fully saturated rings. The number of carbonyl (C=O) groups is 9. The average Bonchev–Trinajstić information content (AvgIpc) is 1.79. The fourth-order valence-corrected chi connectivity index (χ4v) is 14.0. The van der Waals surface area contributed by atoms with Gasteiger partial charge in [-0.05, 0) is 117 Å². The number of anilines is 1. The number of unbranched alkanes of at least 4 members (excludes halogenated alkanes) is 2. The van der Waals surface area contributed by atoms with Crippen molar-refractivity contribution in [1.29, 1.82) is 0 Å². The molecule has 99 heavy (non-hydrogen) atoms. The summed E-state index contributed by atoms with van der Waals surface area (Å²) in [4.78, 5) is 129. The van der Waals surface area contributed by atoms with Crippen LogP contribution in [0, 0.1) is 41.4 Å². The Labute approximate surface area is 583 Å². The Balaban J connectivity index is 1.21. The molecule has 1 aliphatic carbocycles. The fourth-order valence-electron chi connectivity index (χ4n) is 14.0. The van der Waals surface area contributed by atoms with Crippen LogP contribution in [0.5, 0.6) is 0 Å². The molecule has 0 unspecified atom stereocenters. The van der Waals surface area contributed by atoms with Crippen LogP contribution in [0.3, 0.4) is 0 Å². The zero-order chi connectivity index (χ0) is 73.6. The summed E-state index contributed by atoms with van der Waals surface area (Å²) >= 11 is 0. The van der Waals surface area contributed by atoms with Gasteiger partial charge >= 0.3 is 12.3 Å². The van der Waals surface area contributed by atoms with Crippen molar-refractivity contribution in [2.45, 2.75) is 232 Å². The lowest BCUT2D eigenvalue weighted by Gasteiger charge is -2.41. The van der Waals surface area contributed by atoms with Gasteiger partial charge < -0.3 is 56.1 Å². The molecule has 0 bridgehead atoms. The van der Waals surface area contributed by atoms with E-state index in [1.165, 1.54) is 26.2 Å². The first-order valence-corrected chi connectivity index (χ1v) is 35.4. The van der Waals surface area contributed by atoms with E-state index in [1.54, 1.807) is 109 Å². The first-order valence-electron chi connectivity index (χ1n) is 35.4. The van der Waals surface area contributed by atoms with E-state index in [0.717, 1.165) is 42.7 Å². The van der Waals surface area contributed by atoms with Gasteiger partial charge in [0.1, 0.15) is 30.8 Å². The van der Waals surface area contributed by atoms with Crippen molar-refractivity contribution in [2.24, 2.45) is 47.2 Å². The third-order valence-corrected chi connectivity index (χ3v) is 20.2. The molecule has 1 saturated heterocycles. The highest BCUT2D eigenvalue weighted by Crippen LogP contribution is 2.34. The normalized spacial score (nSPS) is 20.2. The maximum Gasteiger partial charge on any atom is 0.410 e. The van der Waals surface area contributed by atoms with Gasteiger partial charge in [-0.15, -0.1) is 0 Å². The molecule has 554 valence electrons. The number of nitrogens with zero attached hydrogens (tertiary/aromatic N) is 4. The first-order chi connectivity index (χ1) is 46.8. The lowest BCUT2D eigenvalue weighted by atomic mass is 9.79. The molecule has 2 aromatic rings. The summed E-state index contributed by atoms with van der Waals surface area (Å²) in [5.74, 6) is -5.92. The Kier molecular flexibility index (Phi) is 32.8. The molecule has 13 atom stereocenters. The lowest BCUT2D eigenvalue weighted by molar-refractivity contribution is -0.161. The van der Waals surface area contributed by atoms with E-state index in [-0.39, 0.29) is 62.5 Å². The van der Waals surface area contributed by atoms with E-state index >= 15 is 0 Å². The number of methoxy groups -OCH3 is 2. The monoisotopic (exact) mass is 1390 g/mol. The SMILES string of the molecule is CC[C@H](C)[C@@H]([C@@H](CC(=O)N1CCC[C@H]1[C@H](OC)[C@@H](C)C(=O)N[C@H](C)[C@@H](O)c1ccccc1)OC)N(C)C(=O)[C@@H](NC(=O)[C@H](C(C)C)N(C)C(=O)OCc1ccc(NC(=O)[C@H](C[C@H]2CC[C@H](CN)CC2)NC(=O)[C@@H](N[C@@H](CCCCCN2C(=O)C=CC2=O)C(F)(F)F)C(C)C)cc1)C(C)C. The topological polar surface area (TPSA) is 301 Å².